The Balaban J connectivity index is 0.000000771. The quantitative estimate of drug-likeness (QED) is 0.880. The second kappa shape index (κ2) is 6.64. The van der Waals surface area contributed by atoms with Crippen molar-refractivity contribution >= 4 is 0 Å². The fourth-order valence-electron chi connectivity index (χ4n) is 1.64. The van der Waals surface area contributed by atoms with E-state index in [9.17, 15) is 13.2 Å². The first kappa shape index (κ1) is 14.8. The number of ether oxygens (including phenoxy) is 1. The Bertz CT molecular complexity index is 342. The highest BCUT2D eigenvalue weighted by atomic mass is 19.4. The summed E-state index contributed by atoms with van der Waals surface area (Å²) in [5, 5.41) is 3.12. The molecule has 1 fully saturated rings. The van der Waals surface area contributed by atoms with Crippen LogP contribution in [-0.4, -0.2) is 19.2 Å². The minimum absolute atomic E-state index is 0.0664. The maximum Gasteiger partial charge on any atom is 0.416 e. The van der Waals surface area contributed by atoms with Crippen LogP contribution in [0.1, 0.15) is 25.8 Å². The molecular weight excluding hydrogens is 243 g/mol. The van der Waals surface area contributed by atoms with E-state index >= 15 is 0 Å². The summed E-state index contributed by atoms with van der Waals surface area (Å²) >= 11 is 0. The Kier molecular flexibility index (Phi) is 5.47. The number of alkyl halides is 3. The second-order valence-corrected chi connectivity index (χ2v) is 3.75. The molecule has 0 spiro atoms. The van der Waals surface area contributed by atoms with Gasteiger partial charge in [-0.3, -0.25) is 0 Å². The highest BCUT2D eigenvalue weighted by Gasteiger charge is 2.30. The Morgan fingerprint density at radius 2 is 1.78 bits per heavy atom. The van der Waals surface area contributed by atoms with E-state index in [1.807, 2.05) is 13.8 Å². The van der Waals surface area contributed by atoms with Crippen LogP contribution in [0.25, 0.3) is 0 Å². The largest absolute Gasteiger partial charge is 0.489 e. The molecular formula is C13H18F3NO. The van der Waals surface area contributed by atoms with Crippen LogP contribution in [0.4, 0.5) is 13.2 Å². The first-order valence-corrected chi connectivity index (χ1v) is 6.10. The van der Waals surface area contributed by atoms with E-state index in [0.29, 0.717) is 5.75 Å². The molecule has 1 atom stereocenters. The van der Waals surface area contributed by atoms with Crippen LogP contribution in [-0.2, 0) is 6.18 Å². The van der Waals surface area contributed by atoms with Gasteiger partial charge in [0, 0.05) is 6.54 Å². The van der Waals surface area contributed by atoms with Gasteiger partial charge in [0.1, 0.15) is 11.9 Å². The first-order valence-electron chi connectivity index (χ1n) is 6.10. The van der Waals surface area contributed by atoms with Crippen molar-refractivity contribution in [3.8, 4) is 5.75 Å². The second-order valence-electron chi connectivity index (χ2n) is 3.75. The topological polar surface area (TPSA) is 21.3 Å². The van der Waals surface area contributed by atoms with E-state index < -0.39 is 11.7 Å². The van der Waals surface area contributed by atoms with Gasteiger partial charge in [-0.1, -0.05) is 13.8 Å². The van der Waals surface area contributed by atoms with Crippen molar-refractivity contribution in [3.63, 3.8) is 0 Å². The summed E-state index contributed by atoms with van der Waals surface area (Å²) < 4.78 is 42.3. The van der Waals surface area contributed by atoms with E-state index in [0.717, 1.165) is 31.6 Å². The van der Waals surface area contributed by atoms with Crippen molar-refractivity contribution in [3.05, 3.63) is 29.8 Å². The standard InChI is InChI=1S/C11H12F3NO.C2H6/c12-11(13,14)8-1-3-9(4-2-8)16-10-5-6-15-7-10;1-2/h1-4,10,15H,5-7H2;1-2H3. The summed E-state index contributed by atoms with van der Waals surface area (Å²) in [7, 11) is 0. The number of nitrogens with one attached hydrogen (secondary N) is 1. The Morgan fingerprint density at radius 1 is 1.17 bits per heavy atom. The van der Waals surface area contributed by atoms with Crippen LogP contribution >= 0.6 is 0 Å². The van der Waals surface area contributed by atoms with Crippen molar-refractivity contribution in [2.75, 3.05) is 13.1 Å². The molecule has 2 nitrogen and oxygen atoms in total. The van der Waals surface area contributed by atoms with E-state index in [1.54, 1.807) is 0 Å². The van der Waals surface area contributed by atoms with Crippen LogP contribution in [0.3, 0.4) is 0 Å². The zero-order valence-electron chi connectivity index (χ0n) is 10.6. The number of hydrogen-bond donors (Lipinski definition) is 1. The molecule has 0 radical (unpaired) electrons. The smallest absolute Gasteiger partial charge is 0.416 e. The summed E-state index contributed by atoms with van der Waals surface area (Å²) in [4.78, 5) is 0. The lowest BCUT2D eigenvalue weighted by Gasteiger charge is -2.13. The van der Waals surface area contributed by atoms with Crippen molar-refractivity contribution in [2.45, 2.75) is 32.5 Å². The SMILES string of the molecule is CC.FC(F)(F)c1ccc(OC2CCNC2)cc1. The maximum absolute atomic E-state index is 12.3. The number of hydrogen-bond acceptors (Lipinski definition) is 2. The molecule has 0 aliphatic carbocycles. The predicted octanol–water partition coefficient (Wildman–Crippen LogP) is 3.47. The van der Waals surface area contributed by atoms with Gasteiger partial charge in [-0.2, -0.15) is 13.2 Å². The summed E-state index contributed by atoms with van der Waals surface area (Å²) in [5.41, 5.74) is -0.649. The van der Waals surface area contributed by atoms with Crippen molar-refractivity contribution in [1.29, 1.82) is 0 Å². The van der Waals surface area contributed by atoms with Gasteiger partial charge in [0.2, 0.25) is 0 Å². The third-order valence-electron chi connectivity index (χ3n) is 2.50. The van der Waals surface area contributed by atoms with Gasteiger partial charge >= 0.3 is 6.18 Å². The molecule has 0 bridgehead atoms. The molecule has 1 aliphatic heterocycles. The van der Waals surface area contributed by atoms with Gasteiger partial charge in [-0.25, -0.2) is 0 Å². The normalized spacial score (nSPS) is 19.1. The molecule has 0 amide bonds. The van der Waals surface area contributed by atoms with Gasteiger partial charge in [-0.15, -0.1) is 0 Å². The fraction of sp³-hybridized carbons (Fsp3) is 0.538. The molecule has 0 aromatic heterocycles. The molecule has 2 rings (SSSR count). The number of benzene rings is 1. The van der Waals surface area contributed by atoms with Gasteiger partial charge in [0.05, 0.1) is 5.56 Å². The van der Waals surface area contributed by atoms with Crippen LogP contribution in [0, 0.1) is 0 Å². The number of rotatable bonds is 2. The Labute approximate surface area is 105 Å². The third-order valence-corrected chi connectivity index (χ3v) is 2.50. The summed E-state index contributed by atoms with van der Waals surface area (Å²) in [6.07, 6.45) is -3.33. The lowest BCUT2D eigenvalue weighted by Crippen LogP contribution is -2.19. The maximum atomic E-state index is 12.3. The highest BCUT2D eigenvalue weighted by molar-refractivity contribution is 5.29. The fourth-order valence-corrected chi connectivity index (χ4v) is 1.64. The first-order chi connectivity index (χ1) is 8.55. The van der Waals surface area contributed by atoms with Gasteiger partial charge in [-0.05, 0) is 37.2 Å². The molecule has 102 valence electrons. The molecule has 5 heteroatoms. The van der Waals surface area contributed by atoms with Crippen LogP contribution in [0.5, 0.6) is 5.75 Å². The lowest BCUT2D eigenvalue weighted by molar-refractivity contribution is -0.137. The molecule has 1 saturated heterocycles. The lowest BCUT2D eigenvalue weighted by atomic mass is 10.2. The summed E-state index contributed by atoms with van der Waals surface area (Å²) in [6.45, 7) is 5.65. The highest BCUT2D eigenvalue weighted by Crippen LogP contribution is 2.30. The zero-order chi connectivity index (χ0) is 13.6. The van der Waals surface area contributed by atoms with Gasteiger partial charge in [0.25, 0.3) is 0 Å². The van der Waals surface area contributed by atoms with Gasteiger partial charge in [0.15, 0.2) is 0 Å². The minimum atomic E-state index is -4.28. The van der Waals surface area contributed by atoms with Crippen molar-refractivity contribution in [2.24, 2.45) is 0 Å². The van der Waals surface area contributed by atoms with Crippen LogP contribution < -0.4 is 10.1 Å². The monoisotopic (exact) mass is 261 g/mol. The van der Waals surface area contributed by atoms with E-state index in [-0.39, 0.29) is 6.10 Å². The third kappa shape index (κ3) is 4.22. The summed E-state index contributed by atoms with van der Waals surface area (Å²) in [6, 6.07) is 4.80. The average molecular weight is 261 g/mol. The molecule has 1 heterocycles. The molecule has 1 aliphatic rings. The van der Waals surface area contributed by atoms with Gasteiger partial charge < -0.3 is 10.1 Å². The molecule has 0 saturated carbocycles. The molecule has 1 aromatic rings. The van der Waals surface area contributed by atoms with Crippen molar-refractivity contribution in [1.82, 2.24) is 5.32 Å². The van der Waals surface area contributed by atoms with E-state index in [4.69, 9.17) is 4.74 Å². The van der Waals surface area contributed by atoms with Crippen LogP contribution in [0.15, 0.2) is 24.3 Å². The van der Waals surface area contributed by atoms with E-state index in [2.05, 4.69) is 5.32 Å². The van der Waals surface area contributed by atoms with E-state index in [1.165, 1.54) is 12.1 Å². The molecule has 1 unspecified atom stereocenters. The Hall–Kier alpha value is -1.23. The average Bonchev–Trinajstić information content (AvgIpc) is 2.84. The number of halogens is 3. The molecule has 18 heavy (non-hydrogen) atoms. The minimum Gasteiger partial charge on any atom is -0.489 e. The Morgan fingerprint density at radius 3 is 2.22 bits per heavy atom. The zero-order valence-corrected chi connectivity index (χ0v) is 10.6. The van der Waals surface area contributed by atoms with Crippen LogP contribution in [0.2, 0.25) is 0 Å². The molecule has 1 N–H and O–H groups in total. The molecule has 1 aromatic carbocycles. The summed E-state index contributed by atoms with van der Waals surface area (Å²) in [5.74, 6) is 0.488. The van der Waals surface area contributed by atoms with Crippen molar-refractivity contribution < 1.29 is 17.9 Å². The predicted molar refractivity (Wildman–Crippen MR) is 64.7 cm³/mol.